The van der Waals surface area contributed by atoms with Crippen molar-refractivity contribution in [3.05, 3.63) is 81.8 Å². The van der Waals surface area contributed by atoms with Crippen LogP contribution in [0.4, 0.5) is 5.69 Å². The molecule has 3 aromatic carbocycles. The molecule has 0 radical (unpaired) electrons. The van der Waals surface area contributed by atoms with Crippen LogP contribution in [-0.4, -0.2) is 21.0 Å². The van der Waals surface area contributed by atoms with Crippen molar-refractivity contribution in [3.8, 4) is 11.4 Å². The average Bonchev–Trinajstić information content (AvgIpc) is 3.16. The van der Waals surface area contributed by atoms with Crippen molar-refractivity contribution < 1.29 is 4.79 Å². The fourth-order valence-electron chi connectivity index (χ4n) is 2.96. The number of aromatic amines is 1. The number of anilines is 1. The van der Waals surface area contributed by atoms with Crippen LogP contribution in [0.15, 0.2) is 60.7 Å². The van der Waals surface area contributed by atoms with Gasteiger partial charge < -0.3 is 10.3 Å². The second kappa shape index (κ2) is 8.44. The van der Waals surface area contributed by atoms with Gasteiger partial charge >= 0.3 is 0 Å². The molecule has 5 nitrogen and oxygen atoms in total. The van der Waals surface area contributed by atoms with Crippen LogP contribution in [0.2, 0.25) is 10.0 Å². The molecule has 0 aliphatic rings. The Labute approximate surface area is 188 Å². The monoisotopic (exact) mass is 454 g/mol. The molecule has 150 valence electrons. The van der Waals surface area contributed by atoms with E-state index < -0.39 is 0 Å². The van der Waals surface area contributed by atoms with E-state index in [1.807, 2.05) is 49.4 Å². The first-order valence-electron chi connectivity index (χ1n) is 9.04. The minimum atomic E-state index is -0.378. The summed E-state index contributed by atoms with van der Waals surface area (Å²) < 4.78 is 0. The summed E-state index contributed by atoms with van der Waals surface area (Å²) in [6, 6.07) is 18.4. The Balaban J connectivity index is 1.52. The number of nitrogens with zero attached hydrogens (tertiary/aromatic N) is 1. The molecule has 1 aromatic heterocycles. The highest BCUT2D eigenvalue weighted by Gasteiger charge is 2.12. The normalized spacial score (nSPS) is 10.8. The predicted molar refractivity (Wildman–Crippen MR) is 126 cm³/mol. The molecule has 0 saturated heterocycles. The van der Waals surface area contributed by atoms with E-state index in [1.165, 1.54) is 6.07 Å². The van der Waals surface area contributed by atoms with Crippen molar-refractivity contribution in [2.24, 2.45) is 0 Å². The van der Waals surface area contributed by atoms with Crippen molar-refractivity contribution in [3.63, 3.8) is 0 Å². The van der Waals surface area contributed by atoms with Gasteiger partial charge in [-0.3, -0.25) is 10.1 Å². The number of rotatable bonds is 3. The molecule has 0 fully saturated rings. The van der Waals surface area contributed by atoms with Crippen LogP contribution in [0.25, 0.3) is 22.4 Å². The number of carbonyl (C=O) groups is 1. The predicted octanol–water partition coefficient (Wildman–Crippen LogP) is 5.97. The number of hydrogen-bond acceptors (Lipinski definition) is 3. The number of thiocarbonyl (C=S) groups is 1. The highest BCUT2D eigenvalue weighted by Crippen LogP contribution is 2.26. The number of fused-ring (bicyclic) bond motifs is 1. The molecule has 4 rings (SSSR count). The SMILES string of the molecule is Cc1ccc(-c2nc3ccccc3[nH]2)cc1NC(=S)NC(=O)c1ccc(Cl)c(Cl)c1. The summed E-state index contributed by atoms with van der Waals surface area (Å²) in [5.41, 5.74) is 4.87. The van der Waals surface area contributed by atoms with Gasteiger partial charge in [-0.05, 0) is 61.1 Å². The molecule has 3 N–H and O–H groups in total. The maximum absolute atomic E-state index is 12.4. The van der Waals surface area contributed by atoms with E-state index in [4.69, 9.17) is 35.4 Å². The van der Waals surface area contributed by atoms with E-state index in [-0.39, 0.29) is 11.0 Å². The van der Waals surface area contributed by atoms with Crippen molar-refractivity contribution in [2.45, 2.75) is 6.92 Å². The summed E-state index contributed by atoms with van der Waals surface area (Å²) >= 11 is 17.2. The maximum atomic E-state index is 12.4. The van der Waals surface area contributed by atoms with Gasteiger partial charge in [0, 0.05) is 16.8 Å². The third kappa shape index (κ3) is 4.31. The second-order valence-electron chi connectivity index (χ2n) is 6.67. The lowest BCUT2D eigenvalue weighted by Gasteiger charge is -2.13. The van der Waals surface area contributed by atoms with Gasteiger partial charge in [0.1, 0.15) is 5.82 Å². The van der Waals surface area contributed by atoms with Gasteiger partial charge in [-0.1, -0.05) is 47.5 Å². The smallest absolute Gasteiger partial charge is 0.257 e. The lowest BCUT2D eigenvalue weighted by molar-refractivity contribution is 0.0977. The molecule has 8 heteroatoms. The van der Waals surface area contributed by atoms with Crippen LogP contribution in [0.3, 0.4) is 0 Å². The number of benzene rings is 3. The molecule has 0 spiro atoms. The van der Waals surface area contributed by atoms with E-state index in [0.29, 0.717) is 15.6 Å². The number of para-hydroxylation sites is 2. The first kappa shape index (κ1) is 20.3. The molecule has 1 amide bonds. The Morgan fingerprint density at radius 1 is 1.03 bits per heavy atom. The summed E-state index contributed by atoms with van der Waals surface area (Å²) in [7, 11) is 0. The number of aromatic nitrogens is 2. The fourth-order valence-corrected chi connectivity index (χ4v) is 3.46. The van der Waals surface area contributed by atoms with Crippen molar-refractivity contribution >= 4 is 63.2 Å². The maximum Gasteiger partial charge on any atom is 0.257 e. The largest absolute Gasteiger partial charge is 0.338 e. The van der Waals surface area contributed by atoms with Crippen LogP contribution < -0.4 is 10.6 Å². The zero-order valence-corrected chi connectivity index (χ0v) is 18.1. The lowest BCUT2D eigenvalue weighted by Crippen LogP contribution is -2.34. The van der Waals surface area contributed by atoms with Gasteiger partial charge in [-0.2, -0.15) is 0 Å². The van der Waals surface area contributed by atoms with Crippen molar-refractivity contribution in [1.29, 1.82) is 0 Å². The highest BCUT2D eigenvalue weighted by atomic mass is 35.5. The Hall–Kier alpha value is -2.93. The molecule has 4 aromatic rings. The summed E-state index contributed by atoms with van der Waals surface area (Å²) in [4.78, 5) is 20.4. The standard InChI is InChI=1S/C22H16Cl2N4OS/c1-12-6-7-13(20-25-17-4-2-3-5-18(17)26-20)11-19(12)27-22(30)28-21(29)14-8-9-15(23)16(24)10-14/h2-11H,1H3,(H,25,26)(H2,27,28,29,30). The first-order chi connectivity index (χ1) is 14.4. The summed E-state index contributed by atoms with van der Waals surface area (Å²) in [5, 5.41) is 6.60. The van der Waals surface area contributed by atoms with Crippen molar-refractivity contribution in [1.82, 2.24) is 15.3 Å². The lowest BCUT2D eigenvalue weighted by atomic mass is 10.1. The van der Waals surface area contributed by atoms with Gasteiger partial charge in [0.25, 0.3) is 5.91 Å². The second-order valence-corrected chi connectivity index (χ2v) is 7.89. The summed E-state index contributed by atoms with van der Waals surface area (Å²) in [6.07, 6.45) is 0. The first-order valence-corrected chi connectivity index (χ1v) is 10.2. The molecule has 1 heterocycles. The Morgan fingerprint density at radius 3 is 2.60 bits per heavy atom. The van der Waals surface area contributed by atoms with Crippen LogP contribution in [0, 0.1) is 6.92 Å². The van der Waals surface area contributed by atoms with Gasteiger partial charge in [-0.25, -0.2) is 4.98 Å². The molecular weight excluding hydrogens is 439 g/mol. The highest BCUT2D eigenvalue weighted by molar-refractivity contribution is 7.80. The average molecular weight is 455 g/mol. The third-order valence-corrected chi connectivity index (χ3v) is 5.50. The number of halogens is 2. The zero-order chi connectivity index (χ0) is 21.3. The number of H-pyrrole nitrogens is 1. The molecule has 30 heavy (non-hydrogen) atoms. The number of nitrogens with one attached hydrogen (secondary N) is 3. The Kier molecular flexibility index (Phi) is 5.72. The zero-order valence-electron chi connectivity index (χ0n) is 15.8. The van der Waals surface area contributed by atoms with Crippen LogP contribution in [-0.2, 0) is 0 Å². The minimum Gasteiger partial charge on any atom is -0.338 e. The topological polar surface area (TPSA) is 69.8 Å². The molecule has 0 bridgehead atoms. The van der Waals surface area contributed by atoms with Crippen molar-refractivity contribution in [2.75, 3.05) is 5.32 Å². The van der Waals surface area contributed by atoms with Gasteiger partial charge in [0.15, 0.2) is 5.11 Å². The number of amides is 1. The van der Waals surface area contributed by atoms with Crippen LogP contribution in [0.1, 0.15) is 15.9 Å². The Morgan fingerprint density at radius 2 is 1.83 bits per heavy atom. The van der Waals surface area contributed by atoms with E-state index in [0.717, 1.165) is 33.7 Å². The molecule has 0 aliphatic heterocycles. The fraction of sp³-hybridized carbons (Fsp3) is 0.0455. The quantitative estimate of drug-likeness (QED) is 0.333. The number of carbonyl (C=O) groups excluding carboxylic acids is 1. The van der Waals surface area contributed by atoms with Gasteiger partial charge in [0.2, 0.25) is 0 Å². The molecule has 0 unspecified atom stereocenters. The molecule has 0 atom stereocenters. The number of imidazole rings is 1. The van der Waals surface area contributed by atoms with E-state index in [1.54, 1.807) is 12.1 Å². The van der Waals surface area contributed by atoms with Crippen LogP contribution in [0.5, 0.6) is 0 Å². The van der Waals surface area contributed by atoms with E-state index in [9.17, 15) is 4.79 Å². The number of hydrogen-bond donors (Lipinski definition) is 3. The van der Waals surface area contributed by atoms with E-state index in [2.05, 4.69) is 20.6 Å². The van der Waals surface area contributed by atoms with Gasteiger partial charge in [0.05, 0.1) is 21.1 Å². The Bertz CT molecular complexity index is 1250. The third-order valence-electron chi connectivity index (χ3n) is 4.56. The van der Waals surface area contributed by atoms with Crippen LogP contribution >= 0.6 is 35.4 Å². The summed E-state index contributed by atoms with van der Waals surface area (Å²) in [5.74, 6) is 0.377. The van der Waals surface area contributed by atoms with Gasteiger partial charge in [-0.15, -0.1) is 0 Å². The van der Waals surface area contributed by atoms with E-state index >= 15 is 0 Å². The molecule has 0 saturated carbocycles. The minimum absolute atomic E-state index is 0.177. The molecular formula is C22H16Cl2N4OS. The molecule has 0 aliphatic carbocycles. The summed E-state index contributed by atoms with van der Waals surface area (Å²) in [6.45, 7) is 1.95. The number of aryl methyl sites for hydroxylation is 1.